The second-order valence-corrected chi connectivity index (χ2v) is 7.24. The van der Waals surface area contributed by atoms with Crippen molar-refractivity contribution in [3.8, 4) is 0 Å². The molecule has 5 heteroatoms. The van der Waals surface area contributed by atoms with Gasteiger partial charge < -0.3 is 4.55 Å². The van der Waals surface area contributed by atoms with E-state index >= 15 is 0 Å². The fraction of sp³-hybridized carbons (Fsp3) is 0.429. The van der Waals surface area contributed by atoms with Crippen LogP contribution in [0.5, 0.6) is 0 Å². The Bertz CT molecular complexity index is 446. The molecule has 2 nitrogen and oxygen atoms in total. The minimum atomic E-state index is -1.32. The van der Waals surface area contributed by atoms with Gasteiger partial charge in [0, 0.05) is 11.4 Å². The molecule has 1 rings (SSSR count). The summed E-state index contributed by atoms with van der Waals surface area (Å²) in [6.45, 7) is 8.39. The Morgan fingerprint density at radius 1 is 1.42 bits per heavy atom. The van der Waals surface area contributed by atoms with Crippen LogP contribution in [0.3, 0.4) is 0 Å². The first kappa shape index (κ1) is 16.1. The van der Waals surface area contributed by atoms with E-state index in [2.05, 4.69) is 11.3 Å². The molecule has 0 aromatic heterocycles. The molecule has 0 spiro atoms. The van der Waals surface area contributed by atoms with Crippen molar-refractivity contribution in [2.75, 3.05) is 0 Å². The van der Waals surface area contributed by atoms with Gasteiger partial charge >= 0.3 is 0 Å². The normalized spacial score (nSPS) is 15.1. The van der Waals surface area contributed by atoms with Gasteiger partial charge in [0.05, 0.1) is 6.04 Å². The molecule has 1 N–H and O–H groups in total. The SMILES string of the molecule is C=CC(N[S+]([O-])C(C)(C)C)c1cc(F)cc(CF)c1. The lowest BCUT2D eigenvalue weighted by Gasteiger charge is -2.27. The highest BCUT2D eigenvalue weighted by Gasteiger charge is 2.29. The van der Waals surface area contributed by atoms with Crippen LogP contribution in [0.4, 0.5) is 8.78 Å². The van der Waals surface area contributed by atoms with Crippen molar-refractivity contribution in [1.82, 2.24) is 4.72 Å². The maximum atomic E-state index is 13.4. The molecular weight excluding hydrogens is 268 g/mol. The first-order valence-corrected chi connectivity index (χ1v) is 7.09. The number of nitrogens with one attached hydrogen (secondary N) is 1. The highest BCUT2D eigenvalue weighted by molar-refractivity contribution is 7.90. The summed E-state index contributed by atoms with van der Waals surface area (Å²) in [5, 5.41) is 0. The molecule has 1 aromatic carbocycles. The van der Waals surface area contributed by atoms with Crippen LogP contribution in [0.1, 0.15) is 37.9 Å². The highest BCUT2D eigenvalue weighted by atomic mass is 32.2. The smallest absolute Gasteiger partial charge is 0.136 e. The molecule has 2 atom stereocenters. The molecule has 2 unspecified atom stereocenters. The number of benzene rings is 1. The number of hydrogen-bond donors (Lipinski definition) is 1. The third-order valence-electron chi connectivity index (χ3n) is 2.52. The second kappa shape index (κ2) is 6.50. The van der Waals surface area contributed by atoms with Crippen LogP contribution in [-0.2, 0) is 18.0 Å². The van der Waals surface area contributed by atoms with E-state index in [1.807, 2.05) is 20.8 Å². The molecule has 0 saturated carbocycles. The van der Waals surface area contributed by atoms with E-state index < -0.39 is 34.6 Å². The van der Waals surface area contributed by atoms with Gasteiger partial charge in [-0.15, -0.1) is 11.3 Å². The molecule has 0 radical (unpaired) electrons. The van der Waals surface area contributed by atoms with Crippen molar-refractivity contribution in [3.63, 3.8) is 0 Å². The van der Waals surface area contributed by atoms with Crippen LogP contribution in [0, 0.1) is 5.82 Å². The first-order chi connectivity index (χ1) is 8.77. The van der Waals surface area contributed by atoms with Gasteiger partial charge in [-0.1, -0.05) is 12.1 Å². The third-order valence-corrected chi connectivity index (χ3v) is 4.10. The molecule has 0 aliphatic carbocycles. The average molecular weight is 287 g/mol. The van der Waals surface area contributed by atoms with Crippen molar-refractivity contribution < 1.29 is 13.3 Å². The minimum absolute atomic E-state index is 0.255. The summed E-state index contributed by atoms with van der Waals surface area (Å²) in [4.78, 5) is 0. The van der Waals surface area contributed by atoms with Crippen LogP contribution >= 0.6 is 0 Å². The van der Waals surface area contributed by atoms with E-state index in [9.17, 15) is 13.3 Å². The lowest BCUT2D eigenvalue weighted by atomic mass is 10.0. The minimum Gasteiger partial charge on any atom is -0.598 e. The van der Waals surface area contributed by atoms with E-state index in [-0.39, 0.29) is 5.56 Å². The van der Waals surface area contributed by atoms with Gasteiger partial charge in [-0.25, -0.2) is 8.78 Å². The third kappa shape index (κ3) is 4.60. The highest BCUT2D eigenvalue weighted by Crippen LogP contribution is 2.22. The van der Waals surface area contributed by atoms with Crippen LogP contribution in [0.25, 0.3) is 0 Å². The van der Waals surface area contributed by atoms with Gasteiger partial charge in [-0.2, -0.15) is 0 Å². The molecule has 19 heavy (non-hydrogen) atoms. The molecule has 0 bridgehead atoms. The number of rotatable bonds is 5. The fourth-order valence-electron chi connectivity index (χ4n) is 1.48. The van der Waals surface area contributed by atoms with Gasteiger partial charge in [0.15, 0.2) is 0 Å². The maximum absolute atomic E-state index is 13.4. The second-order valence-electron chi connectivity index (χ2n) is 5.24. The summed E-state index contributed by atoms with van der Waals surface area (Å²) >= 11 is -1.32. The van der Waals surface area contributed by atoms with Crippen molar-refractivity contribution in [1.29, 1.82) is 0 Å². The predicted octanol–water partition coefficient (Wildman–Crippen LogP) is 3.57. The van der Waals surface area contributed by atoms with Gasteiger partial charge in [0.25, 0.3) is 0 Å². The zero-order valence-electron chi connectivity index (χ0n) is 11.4. The topological polar surface area (TPSA) is 35.1 Å². The van der Waals surface area contributed by atoms with Crippen molar-refractivity contribution in [2.24, 2.45) is 0 Å². The summed E-state index contributed by atoms with van der Waals surface area (Å²) < 4.78 is 40.5. The molecule has 106 valence electrons. The Balaban J connectivity index is 2.97. The quantitative estimate of drug-likeness (QED) is 0.663. The molecule has 0 heterocycles. The van der Waals surface area contributed by atoms with Gasteiger partial charge in [-0.05, 0) is 44.0 Å². The molecule has 0 fully saturated rings. The first-order valence-electron chi connectivity index (χ1n) is 5.94. The molecular formula is C14H19F2NOS. The monoisotopic (exact) mass is 287 g/mol. The fourth-order valence-corrected chi connectivity index (χ4v) is 2.29. The van der Waals surface area contributed by atoms with Crippen molar-refractivity contribution in [2.45, 2.75) is 38.2 Å². The van der Waals surface area contributed by atoms with Crippen molar-refractivity contribution in [3.05, 3.63) is 47.8 Å². The lowest BCUT2D eigenvalue weighted by Crippen LogP contribution is -2.40. The summed E-state index contributed by atoms with van der Waals surface area (Å²) in [6.07, 6.45) is 1.53. The summed E-state index contributed by atoms with van der Waals surface area (Å²) in [5.74, 6) is -0.514. The molecule has 0 aliphatic rings. The van der Waals surface area contributed by atoms with Gasteiger partial charge in [0.2, 0.25) is 0 Å². The van der Waals surface area contributed by atoms with E-state index in [0.717, 1.165) is 6.07 Å². The van der Waals surface area contributed by atoms with E-state index in [4.69, 9.17) is 0 Å². The number of alkyl halides is 1. The predicted molar refractivity (Wildman–Crippen MR) is 75.2 cm³/mol. The molecule has 0 amide bonds. The van der Waals surface area contributed by atoms with E-state index in [1.165, 1.54) is 12.1 Å². The Morgan fingerprint density at radius 3 is 2.53 bits per heavy atom. The van der Waals surface area contributed by atoms with Gasteiger partial charge in [-0.3, -0.25) is 0 Å². The largest absolute Gasteiger partial charge is 0.598 e. The Morgan fingerprint density at radius 2 is 2.05 bits per heavy atom. The van der Waals surface area contributed by atoms with E-state index in [1.54, 1.807) is 6.07 Å². The standard InChI is InChI=1S/C14H19F2NOS/c1-5-13(17-19(18)14(2,3)4)11-6-10(9-15)7-12(16)8-11/h5-8,13,17H,1,9H2,2-4H3. The number of hydrogen-bond acceptors (Lipinski definition) is 2. The molecule has 0 aliphatic heterocycles. The average Bonchev–Trinajstić information content (AvgIpc) is 2.33. The van der Waals surface area contributed by atoms with Crippen LogP contribution < -0.4 is 4.72 Å². The van der Waals surface area contributed by atoms with E-state index in [0.29, 0.717) is 5.56 Å². The molecule has 0 saturated heterocycles. The zero-order chi connectivity index (χ0) is 14.6. The Labute approximate surface area is 116 Å². The van der Waals surface area contributed by atoms with Crippen LogP contribution in [0.2, 0.25) is 0 Å². The Hall–Kier alpha value is -0.910. The van der Waals surface area contributed by atoms with Crippen molar-refractivity contribution >= 4 is 11.4 Å². The van der Waals surface area contributed by atoms with Crippen LogP contribution in [0.15, 0.2) is 30.9 Å². The Kier molecular flexibility index (Phi) is 5.52. The summed E-state index contributed by atoms with van der Waals surface area (Å²) in [5.41, 5.74) is 0.769. The number of halogens is 2. The lowest BCUT2D eigenvalue weighted by molar-refractivity contribution is 0.481. The summed E-state index contributed by atoms with van der Waals surface area (Å²) in [7, 11) is 0. The van der Waals surface area contributed by atoms with Gasteiger partial charge in [0.1, 0.15) is 17.2 Å². The van der Waals surface area contributed by atoms with Crippen LogP contribution in [-0.4, -0.2) is 9.30 Å². The maximum Gasteiger partial charge on any atom is 0.136 e. The summed E-state index contributed by atoms with van der Waals surface area (Å²) in [6, 6.07) is 3.49. The molecule has 1 aromatic rings. The zero-order valence-corrected chi connectivity index (χ0v) is 12.2.